The summed E-state index contributed by atoms with van der Waals surface area (Å²) in [5.74, 6) is 0.418. The summed E-state index contributed by atoms with van der Waals surface area (Å²) >= 11 is 2.64. The number of anilines is 1. The van der Waals surface area contributed by atoms with Crippen LogP contribution in [0.15, 0.2) is 65.1 Å². The number of rotatable bonds is 11. The van der Waals surface area contributed by atoms with Gasteiger partial charge in [-0.05, 0) is 66.2 Å². The van der Waals surface area contributed by atoms with Crippen molar-refractivity contribution in [3.8, 4) is 16.2 Å². The molecule has 12 heteroatoms. The molecule has 2 amide bonds. The third-order valence-electron chi connectivity index (χ3n) is 6.64. The largest absolute Gasteiger partial charge is 0.493 e. The number of nitrogens with one attached hydrogen (secondary N) is 3. The van der Waals surface area contributed by atoms with E-state index in [0.717, 1.165) is 58.2 Å². The molecule has 2 aromatic carbocycles. The van der Waals surface area contributed by atoms with Gasteiger partial charge < -0.3 is 26.2 Å². The van der Waals surface area contributed by atoms with Gasteiger partial charge in [0, 0.05) is 36.0 Å². The van der Waals surface area contributed by atoms with Crippen molar-refractivity contribution in [2.24, 2.45) is 5.10 Å². The lowest BCUT2D eigenvalue weighted by Crippen LogP contribution is -2.26. The fourth-order valence-electron chi connectivity index (χ4n) is 4.04. The highest BCUT2D eigenvalue weighted by Gasteiger charge is 2.16. The lowest BCUT2D eigenvalue weighted by atomic mass is 10.1. The number of amides is 2. The summed E-state index contributed by atoms with van der Waals surface area (Å²) in [6.07, 6.45) is 5.78. The number of unbranched alkanes of at least 4 members (excludes halogenated alkanes) is 1. The zero-order valence-electron chi connectivity index (χ0n) is 30.3. The van der Waals surface area contributed by atoms with Crippen LogP contribution in [-0.4, -0.2) is 56.2 Å². The lowest BCUT2D eigenvalue weighted by Gasteiger charge is -2.04. The summed E-state index contributed by atoms with van der Waals surface area (Å²) in [6, 6.07) is 16.6. The second kappa shape index (κ2) is 25.6. The van der Waals surface area contributed by atoms with Gasteiger partial charge >= 0.3 is 0 Å². The van der Waals surface area contributed by atoms with Crippen molar-refractivity contribution in [1.82, 2.24) is 16.1 Å². The molecule has 6 N–H and O–H groups in total. The minimum absolute atomic E-state index is 0.0381. The van der Waals surface area contributed by atoms with Crippen molar-refractivity contribution in [3.05, 3.63) is 92.0 Å². The predicted octanol–water partition coefficient (Wildman–Crippen LogP) is 7.56. The monoisotopic (exact) mass is 723 g/mol. The minimum Gasteiger partial charge on any atom is -0.493 e. The average Bonchev–Trinajstić information content (AvgIpc) is 3.93. The number of hydrazone groups is 1. The van der Waals surface area contributed by atoms with Crippen LogP contribution in [-0.2, 0) is 13.0 Å². The second-order valence-corrected chi connectivity index (χ2v) is 12.1. The van der Waals surface area contributed by atoms with Gasteiger partial charge in [0.1, 0.15) is 5.75 Å². The fraction of sp³-hybridized carbons (Fsp3) is 0.368. The van der Waals surface area contributed by atoms with Crippen LogP contribution in [0.1, 0.15) is 101 Å². The molecule has 5 rings (SSSR count). The van der Waals surface area contributed by atoms with Crippen LogP contribution in [0.3, 0.4) is 0 Å². The number of aliphatic hydroxyl groups excluding tert-OH is 1. The zero-order valence-corrected chi connectivity index (χ0v) is 31.9. The number of aliphatic hydroxyl groups is 1. The van der Waals surface area contributed by atoms with Gasteiger partial charge in [-0.15, -0.1) is 22.7 Å². The van der Waals surface area contributed by atoms with Crippen LogP contribution in [0, 0.1) is 0 Å². The number of nitrogens with zero attached hydrogens (tertiary/aromatic N) is 1. The van der Waals surface area contributed by atoms with Crippen LogP contribution < -0.4 is 26.5 Å². The molecule has 3 heterocycles. The van der Waals surface area contributed by atoms with Gasteiger partial charge in [0.05, 0.1) is 39.7 Å². The molecule has 0 saturated heterocycles. The number of ether oxygens (including phenoxy) is 1. The minimum atomic E-state index is -0.364. The molecule has 0 saturated carbocycles. The number of hydrogen-bond acceptors (Lipinski definition) is 10. The number of thiophene rings is 2. The molecule has 10 nitrogen and oxygen atoms in total. The SMILES string of the molecule is CC.CC.CCCC.CNCc1ccc(C(=O)NCCO)cc1.Nc1c(/C=N/NC(=O)c2ccc(C=O)s2)csc1-c1ccc2c(c1)CCO2. The van der Waals surface area contributed by atoms with E-state index in [2.05, 4.69) is 41.1 Å². The summed E-state index contributed by atoms with van der Waals surface area (Å²) in [5.41, 5.74) is 14.1. The van der Waals surface area contributed by atoms with E-state index >= 15 is 0 Å². The van der Waals surface area contributed by atoms with E-state index in [4.69, 9.17) is 15.6 Å². The number of nitrogen functional groups attached to an aromatic ring is 1. The Hall–Kier alpha value is -4.36. The van der Waals surface area contributed by atoms with E-state index < -0.39 is 0 Å². The van der Waals surface area contributed by atoms with Crippen molar-refractivity contribution < 1.29 is 24.2 Å². The van der Waals surface area contributed by atoms with E-state index in [9.17, 15) is 14.4 Å². The summed E-state index contributed by atoms with van der Waals surface area (Å²) in [5, 5.41) is 20.1. The molecule has 4 aromatic rings. The molecule has 50 heavy (non-hydrogen) atoms. The fourth-order valence-corrected chi connectivity index (χ4v) is 5.69. The van der Waals surface area contributed by atoms with Crippen molar-refractivity contribution in [2.75, 3.05) is 32.5 Å². The van der Waals surface area contributed by atoms with Crippen LogP contribution >= 0.6 is 22.7 Å². The van der Waals surface area contributed by atoms with E-state index in [1.165, 1.54) is 36.0 Å². The Balaban J connectivity index is 0.000000460. The molecule has 0 spiro atoms. The van der Waals surface area contributed by atoms with Crippen LogP contribution in [0.5, 0.6) is 5.75 Å². The van der Waals surface area contributed by atoms with Crippen LogP contribution in [0.25, 0.3) is 10.4 Å². The first-order valence-corrected chi connectivity index (χ1v) is 18.7. The Labute approximate surface area is 305 Å². The first-order valence-electron chi connectivity index (χ1n) is 17.0. The molecule has 0 unspecified atom stereocenters. The van der Waals surface area contributed by atoms with E-state index in [0.29, 0.717) is 27.3 Å². The van der Waals surface area contributed by atoms with Gasteiger partial charge in [-0.25, -0.2) is 5.43 Å². The summed E-state index contributed by atoms with van der Waals surface area (Å²) in [7, 11) is 1.88. The average molecular weight is 724 g/mol. The first-order chi connectivity index (χ1) is 24.3. The van der Waals surface area contributed by atoms with Gasteiger partial charge in [0.25, 0.3) is 11.8 Å². The predicted molar refractivity (Wildman–Crippen MR) is 210 cm³/mol. The molecule has 0 fully saturated rings. The Morgan fingerprint density at radius 2 is 1.70 bits per heavy atom. The van der Waals surface area contributed by atoms with Gasteiger partial charge in [-0.2, -0.15) is 5.10 Å². The maximum atomic E-state index is 12.0. The van der Waals surface area contributed by atoms with Crippen molar-refractivity contribution >= 4 is 52.7 Å². The second-order valence-electron chi connectivity index (χ2n) is 10.1. The highest BCUT2D eigenvalue weighted by atomic mass is 32.1. The maximum absolute atomic E-state index is 12.0. The lowest BCUT2D eigenvalue weighted by molar-refractivity contribution is 0.0941. The standard InChI is InChI=1S/C19H15N3O3S2.C11H16N2O2.C4H10.2C2H6/c20-17-13(8-21-22-19(24)16-4-2-14(9-23)27-16)10-26-18(17)12-1-3-15-11(7-12)5-6-25-15;1-12-8-9-2-4-10(5-3-9)11(15)13-6-7-14;1-3-4-2;2*1-2/h1-4,7-10H,5-6,20H2,(H,22,24);2-5,12,14H,6-8H2,1H3,(H,13,15);3-4H2,1-2H3;2*1-2H3/b21-8+;;;;. The molecular weight excluding hydrogens is 671 g/mol. The maximum Gasteiger partial charge on any atom is 0.281 e. The third kappa shape index (κ3) is 14.2. The van der Waals surface area contributed by atoms with Crippen molar-refractivity contribution in [1.29, 1.82) is 0 Å². The van der Waals surface area contributed by atoms with Gasteiger partial charge in [0.15, 0.2) is 6.29 Å². The number of hydrogen-bond donors (Lipinski definition) is 5. The Bertz CT molecular complexity index is 1600. The number of aldehydes is 1. The van der Waals surface area contributed by atoms with Crippen molar-refractivity contribution in [3.63, 3.8) is 0 Å². The van der Waals surface area contributed by atoms with E-state index in [1.807, 2.05) is 64.4 Å². The zero-order chi connectivity index (χ0) is 37.3. The van der Waals surface area contributed by atoms with Gasteiger partial charge in [-0.1, -0.05) is 66.5 Å². The van der Waals surface area contributed by atoms with Crippen molar-refractivity contribution in [2.45, 2.75) is 67.3 Å². The summed E-state index contributed by atoms with van der Waals surface area (Å²) < 4.78 is 5.54. The topological polar surface area (TPSA) is 155 Å². The quantitative estimate of drug-likeness (QED) is 0.0608. The van der Waals surface area contributed by atoms with Gasteiger partial charge in [0.2, 0.25) is 0 Å². The first kappa shape index (κ1) is 43.7. The van der Waals surface area contributed by atoms with Gasteiger partial charge in [-0.3, -0.25) is 14.4 Å². The molecule has 0 radical (unpaired) electrons. The summed E-state index contributed by atoms with van der Waals surface area (Å²) in [4.78, 5) is 36.0. The number of carbonyl (C=O) groups excluding carboxylic acids is 3. The van der Waals surface area contributed by atoms with E-state index in [-0.39, 0.29) is 25.0 Å². The molecule has 1 aliphatic heterocycles. The number of carbonyl (C=O) groups is 3. The molecule has 2 aromatic heterocycles. The number of nitrogens with two attached hydrogens (primary N) is 1. The summed E-state index contributed by atoms with van der Waals surface area (Å²) in [6.45, 7) is 14.1. The smallest absolute Gasteiger partial charge is 0.281 e. The molecule has 0 bridgehead atoms. The van der Waals surface area contributed by atoms with Crippen LogP contribution in [0.4, 0.5) is 5.69 Å². The molecule has 1 aliphatic rings. The third-order valence-corrected chi connectivity index (χ3v) is 8.71. The Morgan fingerprint density at radius 1 is 1.00 bits per heavy atom. The number of benzene rings is 2. The molecular formula is C38H53N5O5S2. The Kier molecular flexibility index (Phi) is 22.3. The normalized spacial score (nSPS) is 10.7. The number of fused-ring (bicyclic) bond motifs is 1. The Morgan fingerprint density at radius 3 is 2.30 bits per heavy atom. The molecule has 0 aliphatic carbocycles. The molecule has 272 valence electrons. The van der Waals surface area contributed by atoms with E-state index in [1.54, 1.807) is 24.3 Å². The molecule has 0 atom stereocenters. The highest BCUT2D eigenvalue weighted by molar-refractivity contribution is 7.15. The van der Waals surface area contributed by atoms with Crippen LogP contribution in [0.2, 0.25) is 0 Å². The highest BCUT2D eigenvalue weighted by Crippen LogP contribution is 2.37.